The molecular weight excluding hydrogens is 266 g/mol. The normalized spacial score (nSPS) is 10.2. The number of unbranched alkanes of at least 4 members (excludes halogenated alkanes) is 1. The van der Waals surface area contributed by atoms with Crippen LogP contribution in [0, 0.1) is 0 Å². The van der Waals surface area contributed by atoms with Gasteiger partial charge in [-0.25, -0.2) is 4.98 Å². The highest BCUT2D eigenvalue weighted by molar-refractivity contribution is 7.80. The van der Waals surface area contributed by atoms with Gasteiger partial charge in [0, 0.05) is 24.0 Å². The molecule has 104 valence electrons. The van der Waals surface area contributed by atoms with Crippen molar-refractivity contribution >= 4 is 28.7 Å². The first-order valence-electron chi connectivity index (χ1n) is 6.81. The molecule has 0 amide bonds. The number of nitrogens with zero attached hydrogens (tertiary/aromatic N) is 2. The quantitative estimate of drug-likeness (QED) is 0.823. The maximum Gasteiger partial charge on any atom is 0.132 e. The zero-order chi connectivity index (χ0) is 14.4. The van der Waals surface area contributed by atoms with Crippen molar-refractivity contribution in [3.63, 3.8) is 0 Å². The molecule has 0 aliphatic carbocycles. The smallest absolute Gasteiger partial charge is 0.132 e. The van der Waals surface area contributed by atoms with E-state index in [0.29, 0.717) is 4.99 Å². The van der Waals surface area contributed by atoms with E-state index in [1.54, 1.807) is 6.20 Å². The van der Waals surface area contributed by atoms with Gasteiger partial charge in [-0.1, -0.05) is 43.8 Å². The molecule has 0 saturated carbocycles. The van der Waals surface area contributed by atoms with Crippen LogP contribution in [0.2, 0.25) is 0 Å². The van der Waals surface area contributed by atoms with Gasteiger partial charge in [-0.05, 0) is 30.7 Å². The van der Waals surface area contributed by atoms with Gasteiger partial charge in [0.2, 0.25) is 0 Å². The van der Waals surface area contributed by atoms with Gasteiger partial charge in [-0.3, -0.25) is 0 Å². The molecule has 4 heteroatoms. The molecule has 2 rings (SSSR count). The molecule has 0 atom stereocenters. The molecule has 0 radical (unpaired) electrons. The van der Waals surface area contributed by atoms with Crippen LogP contribution < -0.4 is 10.6 Å². The van der Waals surface area contributed by atoms with Crippen molar-refractivity contribution in [1.29, 1.82) is 0 Å². The van der Waals surface area contributed by atoms with E-state index in [0.717, 1.165) is 36.5 Å². The zero-order valence-electron chi connectivity index (χ0n) is 11.6. The third kappa shape index (κ3) is 3.54. The summed E-state index contributed by atoms with van der Waals surface area (Å²) in [5.41, 5.74) is 7.56. The van der Waals surface area contributed by atoms with Crippen molar-refractivity contribution in [2.24, 2.45) is 5.73 Å². The monoisotopic (exact) mass is 285 g/mol. The molecule has 1 aromatic heterocycles. The Kier molecular flexibility index (Phi) is 5.07. The van der Waals surface area contributed by atoms with Crippen molar-refractivity contribution < 1.29 is 0 Å². The molecule has 1 heterocycles. The zero-order valence-corrected chi connectivity index (χ0v) is 12.4. The fourth-order valence-corrected chi connectivity index (χ4v) is 2.11. The highest BCUT2D eigenvalue weighted by Crippen LogP contribution is 2.23. The lowest BCUT2D eigenvalue weighted by Gasteiger charge is -2.23. The van der Waals surface area contributed by atoms with Crippen LogP contribution in [0.3, 0.4) is 0 Å². The van der Waals surface area contributed by atoms with Gasteiger partial charge >= 0.3 is 0 Å². The maximum absolute atomic E-state index is 5.61. The van der Waals surface area contributed by atoms with Crippen LogP contribution in [0.4, 0.5) is 11.5 Å². The largest absolute Gasteiger partial charge is 0.389 e. The molecule has 0 unspecified atom stereocenters. The van der Waals surface area contributed by atoms with Crippen molar-refractivity contribution in [2.75, 3.05) is 11.4 Å². The number of aromatic nitrogens is 1. The first kappa shape index (κ1) is 14.5. The molecule has 0 saturated heterocycles. The minimum Gasteiger partial charge on any atom is -0.389 e. The van der Waals surface area contributed by atoms with Crippen molar-refractivity contribution in [2.45, 2.75) is 19.8 Å². The standard InChI is InChI=1S/C16H19N3S/c1-2-3-11-19(14-7-5-4-6-8-14)15-10-9-13(12-18-15)16(17)20/h4-10,12H,2-3,11H2,1H3,(H2,17,20). The van der Waals surface area contributed by atoms with Crippen molar-refractivity contribution in [3.8, 4) is 0 Å². The van der Waals surface area contributed by atoms with Gasteiger partial charge < -0.3 is 10.6 Å². The number of pyridine rings is 1. The Balaban J connectivity index is 2.28. The minimum atomic E-state index is 0.379. The molecule has 0 spiro atoms. The summed E-state index contributed by atoms with van der Waals surface area (Å²) in [7, 11) is 0. The second-order valence-electron chi connectivity index (χ2n) is 4.61. The van der Waals surface area contributed by atoms with Crippen LogP contribution in [0.5, 0.6) is 0 Å². The molecule has 0 bridgehead atoms. The summed E-state index contributed by atoms with van der Waals surface area (Å²) in [5, 5.41) is 0. The van der Waals surface area contributed by atoms with E-state index in [9.17, 15) is 0 Å². The summed E-state index contributed by atoms with van der Waals surface area (Å²) in [6, 6.07) is 14.2. The van der Waals surface area contributed by atoms with Crippen LogP contribution in [0.1, 0.15) is 25.3 Å². The molecule has 2 aromatic rings. The molecule has 20 heavy (non-hydrogen) atoms. The number of nitrogens with two attached hydrogens (primary N) is 1. The Labute approximate surface area is 125 Å². The average Bonchev–Trinajstić information content (AvgIpc) is 2.49. The van der Waals surface area contributed by atoms with Gasteiger partial charge in [0.15, 0.2) is 0 Å². The van der Waals surface area contributed by atoms with E-state index in [-0.39, 0.29) is 0 Å². The Morgan fingerprint density at radius 2 is 1.95 bits per heavy atom. The summed E-state index contributed by atoms with van der Waals surface area (Å²) in [4.78, 5) is 7.08. The van der Waals surface area contributed by atoms with Crippen molar-refractivity contribution in [3.05, 3.63) is 54.2 Å². The first-order chi connectivity index (χ1) is 9.72. The van der Waals surface area contributed by atoms with Crippen LogP contribution in [-0.4, -0.2) is 16.5 Å². The number of para-hydroxylation sites is 1. The number of anilines is 2. The van der Waals surface area contributed by atoms with Crippen LogP contribution in [0.25, 0.3) is 0 Å². The van der Waals surface area contributed by atoms with Crippen molar-refractivity contribution in [1.82, 2.24) is 4.98 Å². The lowest BCUT2D eigenvalue weighted by molar-refractivity contribution is 0.779. The lowest BCUT2D eigenvalue weighted by atomic mass is 10.2. The number of hydrogen-bond acceptors (Lipinski definition) is 3. The molecule has 2 N–H and O–H groups in total. The van der Waals surface area contributed by atoms with E-state index < -0.39 is 0 Å². The summed E-state index contributed by atoms with van der Waals surface area (Å²) >= 11 is 4.96. The predicted octanol–water partition coefficient (Wildman–Crippen LogP) is 3.65. The molecule has 0 aliphatic rings. The molecule has 0 aliphatic heterocycles. The van der Waals surface area contributed by atoms with E-state index in [2.05, 4.69) is 28.9 Å². The summed E-state index contributed by atoms with van der Waals surface area (Å²) in [5.74, 6) is 0.921. The van der Waals surface area contributed by atoms with Crippen LogP contribution >= 0.6 is 12.2 Å². The molecule has 3 nitrogen and oxygen atoms in total. The third-order valence-corrected chi connectivity index (χ3v) is 3.35. The maximum atomic E-state index is 5.61. The number of thiocarbonyl (C=S) groups is 1. The molecule has 0 fully saturated rings. The Morgan fingerprint density at radius 1 is 1.20 bits per heavy atom. The van der Waals surface area contributed by atoms with Gasteiger partial charge in [0.05, 0.1) is 0 Å². The second-order valence-corrected chi connectivity index (χ2v) is 5.05. The molecule has 1 aromatic carbocycles. The number of rotatable bonds is 6. The highest BCUT2D eigenvalue weighted by Gasteiger charge is 2.10. The topological polar surface area (TPSA) is 42.1 Å². The Hall–Kier alpha value is -1.94. The predicted molar refractivity (Wildman–Crippen MR) is 88.5 cm³/mol. The summed E-state index contributed by atoms with van der Waals surface area (Å²) in [6.07, 6.45) is 4.00. The van der Waals surface area contributed by atoms with Gasteiger partial charge in [-0.15, -0.1) is 0 Å². The van der Waals surface area contributed by atoms with Crippen LogP contribution in [0.15, 0.2) is 48.7 Å². The minimum absolute atomic E-state index is 0.379. The fourth-order valence-electron chi connectivity index (χ4n) is 1.99. The van der Waals surface area contributed by atoms with Gasteiger partial charge in [-0.2, -0.15) is 0 Å². The lowest BCUT2D eigenvalue weighted by Crippen LogP contribution is -2.20. The third-order valence-electron chi connectivity index (χ3n) is 3.11. The van der Waals surface area contributed by atoms with Gasteiger partial charge in [0.1, 0.15) is 10.8 Å². The fraction of sp³-hybridized carbons (Fsp3) is 0.250. The van der Waals surface area contributed by atoms with E-state index >= 15 is 0 Å². The Bertz CT molecular complexity index is 552. The number of hydrogen-bond donors (Lipinski definition) is 1. The second kappa shape index (κ2) is 7.01. The first-order valence-corrected chi connectivity index (χ1v) is 7.21. The SMILES string of the molecule is CCCCN(c1ccccc1)c1ccc(C(N)=S)cn1. The van der Waals surface area contributed by atoms with E-state index in [4.69, 9.17) is 18.0 Å². The van der Waals surface area contributed by atoms with E-state index in [1.165, 1.54) is 0 Å². The van der Waals surface area contributed by atoms with Crippen LogP contribution in [-0.2, 0) is 0 Å². The summed E-state index contributed by atoms with van der Waals surface area (Å²) < 4.78 is 0. The average molecular weight is 285 g/mol. The van der Waals surface area contributed by atoms with Gasteiger partial charge in [0.25, 0.3) is 0 Å². The Morgan fingerprint density at radius 3 is 2.50 bits per heavy atom. The van der Waals surface area contributed by atoms with E-state index in [1.807, 2.05) is 30.3 Å². The number of benzene rings is 1. The molecular formula is C16H19N3S. The highest BCUT2D eigenvalue weighted by atomic mass is 32.1. The summed E-state index contributed by atoms with van der Waals surface area (Å²) in [6.45, 7) is 3.13.